The molecule has 1 aromatic heterocycles. The number of methoxy groups -OCH3 is 1. The number of hydrogen-bond acceptors (Lipinski definition) is 9. The first-order valence-corrected chi connectivity index (χ1v) is 23.4. The van der Waals surface area contributed by atoms with Gasteiger partial charge in [0.25, 0.3) is 0 Å². The highest BCUT2D eigenvalue weighted by atomic mass is 19.1. The topological polar surface area (TPSA) is 158 Å². The molecule has 1 heterocycles. The van der Waals surface area contributed by atoms with Gasteiger partial charge in [-0.1, -0.05) is 50.2 Å². The van der Waals surface area contributed by atoms with E-state index < -0.39 is 53.3 Å². The predicted octanol–water partition coefficient (Wildman–Crippen LogP) is 9.14. The molecule has 0 saturated carbocycles. The van der Waals surface area contributed by atoms with Gasteiger partial charge in [-0.3, -0.25) is 9.89 Å². The molecule has 7 rings (SSSR count). The largest absolute Gasteiger partial charge is 0.469 e. The van der Waals surface area contributed by atoms with Crippen LogP contribution in [0.25, 0.3) is 0 Å². The number of ether oxygens (including phenoxy) is 1. The van der Waals surface area contributed by atoms with Crippen LogP contribution in [0, 0.1) is 36.1 Å². The SMILES string of the molecule is CC(C)=NN.CCc1ccc2c(c1)C(NCC(O)C(Cc1cc(F)cc(F)c1)C(=O)OC)CCC2.CCc1ccc2c(c1)C(NCC(O)C(Cc1cc(F)cc(F)c1)c1cc(C)[nH]n1)CCC2. The van der Waals surface area contributed by atoms with Crippen LogP contribution >= 0.6 is 0 Å². The Bertz CT molecular complexity index is 2360. The zero-order valence-electron chi connectivity index (χ0n) is 39.6. The summed E-state index contributed by atoms with van der Waals surface area (Å²) in [6, 6.07) is 22.0. The van der Waals surface area contributed by atoms with E-state index >= 15 is 0 Å². The maximum Gasteiger partial charge on any atom is 0.311 e. The molecule has 14 heteroatoms. The molecule has 2 aliphatic carbocycles. The van der Waals surface area contributed by atoms with Gasteiger partial charge < -0.3 is 31.4 Å². The molecule has 0 aliphatic heterocycles. The molecule has 67 heavy (non-hydrogen) atoms. The molecule has 6 unspecified atom stereocenters. The minimum absolute atomic E-state index is 0.00850. The number of hydrogen-bond donors (Lipinski definition) is 6. The number of rotatable bonds is 16. The average Bonchev–Trinajstić information content (AvgIpc) is 3.75. The zero-order valence-corrected chi connectivity index (χ0v) is 39.6. The summed E-state index contributed by atoms with van der Waals surface area (Å²) in [5.74, 6) is 0.178. The van der Waals surface area contributed by atoms with Gasteiger partial charge in [-0.2, -0.15) is 10.2 Å². The first kappa shape index (κ1) is 52.6. The number of fused-ring (bicyclic) bond motifs is 2. The fourth-order valence-corrected chi connectivity index (χ4v) is 8.93. The van der Waals surface area contributed by atoms with Gasteiger partial charge in [0.1, 0.15) is 23.3 Å². The highest BCUT2D eigenvalue weighted by Gasteiger charge is 2.31. The van der Waals surface area contributed by atoms with Crippen LogP contribution in [0.5, 0.6) is 0 Å². The first-order valence-electron chi connectivity index (χ1n) is 23.4. The summed E-state index contributed by atoms with van der Waals surface area (Å²) < 4.78 is 59.4. The number of carbonyl (C=O) groups excluding carboxylic acids is 1. The summed E-state index contributed by atoms with van der Waals surface area (Å²) in [5, 5.41) is 39.4. The Morgan fingerprint density at radius 1 is 0.746 bits per heavy atom. The standard InChI is InChI=1S/C26H31F2N3O.C24H29F2NO3.C3H8N2/c1-3-17-7-8-19-5-4-6-24(22(19)12-17)29-15-26(32)23(25-9-16(2)30-31-25)13-18-10-20(27)14-21(28)11-18;1-3-15-7-8-17-5-4-6-22(20(17)11-15)27-14-23(28)21(24(29)30-2)12-16-9-18(25)13-19(26)10-16;1-3(2)5-4/h7-12,14,23-24,26,29,32H,3-6,13,15H2,1-2H3,(H,30,31);7-11,13,21-23,27-28H,3-6,12,14H2,1-2H3;4H2,1-2H3. The second kappa shape index (κ2) is 25.6. The highest BCUT2D eigenvalue weighted by Crippen LogP contribution is 2.33. The van der Waals surface area contributed by atoms with Crippen LogP contribution in [-0.2, 0) is 48.1 Å². The highest BCUT2D eigenvalue weighted by molar-refractivity contribution is 5.78. The molecule has 2 aliphatic rings. The Kier molecular flexibility index (Phi) is 20.1. The van der Waals surface area contributed by atoms with Crippen LogP contribution in [0.2, 0.25) is 0 Å². The van der Waals surface area contributed by atoms with Crippen molar-refractivity contribution in [2.75, 3.05) is 20.2 Å². The number of aryl methyl sites for hydroxylation is 5. The van der Waals surface area contributed by atoms with Crippen LogP contribution in [0.15, 0.2) is 84.0 Å². The van der Waals surface area contributed by atoms with E-state index in [9.17, 15) is 32.6 Å². The second-order valence-electron chi connectivity index (χ2n) is 17.9. The molecule has 4 aromatic carbocycles. The van der Waals surface area contributed by atoms with Crippen molar-refractivity contribution in [2.45, 2.75) is 129 Å². The van der Waals surface area contributed by atoms with Crippen molar-refractivity contribution >= 4 is 11.7 Å². The van der Waals surface area contributed by atoms with Gasteiger partial charge in [-0.05, 0) is 160 Å². The number of benzene rings is 4. The summed E-state index contributed by atoms with van der Waals surface area (Å²) in [7, 11) is 1.24. The number of esters is 1. The number of halogens is 4. The fraction of sp³-hybridized carbons (Fsp3) is 0.453. The van der Waals surface area contributed by atoms with Crippen LogP contribution in [0.1, 0.15) is 127 Å². The average molecular weight is 929 g/mol. The molecule has 0 fully saturated rings. The molecule has 7 N–H and O–H groups in total. The number of nitrogens with two attached hydrogens (primary N) is 1. The van der Waals surface area contributed by atoms with Crippen molar-refractivity contribution in [1.29, 1.82) is 0 Å². The number of H-pyrrole nitrogens is 1. The summed E-state index contributed by atoms with van der Waals surface area (Å²) in [5.41, 5.74) is 11.1. The Morgan fingerprint density at radius 2 is 1.21 bits per heavy atom. The van der Waals surface area contributed by atoms with Crippen molar-refractivity contribution in [3.8, 4) is 0 Å². The summed E-state index contributed by atoms with van der Waals surface area (Å²) >= 11 is 0. The predicted molar refractivity (Wildman–Crippen MR) is 256 cm³/mol. The number of nitrogens with zero attached hydrogens (tertiary/aromatic N) is 2. The molecule has 0 amide bonds. The van der Waals surface area contributed by atoms with Crippen LogP contribution < -0.4 is 16.5 Å². The van der Waals surface area contributed by atoms with E-state index in [0.717, 1.165) is 74.9 Å². The van der Waals surface area contributed by atoms with Crippen LogP contribution in [0.4, 0.5) is 17.6 Å². The van der Waals surface area contributed by atoms with E-state index in [0.29, 0.717) is 29.8 Å². The third kappa shape index (κ3) is 15.6. The van der Waals surface area contributed by atoms with Crippen LogP contribution in [-0.4, -0.2) is 64.5 Å². The Balaban J connectivity index is 0.000000228. The van der Waals surface area contributed by atoms with E-state index in [1.165, 1.54) is 64.8 Å². The first-order chi connectivity index (χ1) is 32.1. The molecule has 5 aromatic rings. The number of aliphatic hydroxyl groups is 2. The third-order valence-electron chi connectivity index (χ3n) is 12.6. The maximum atomic E-state index is 13.7. The monoisotopic (exact) mass is 929 g/mol. The van der Waals surface area contributed by atoms with Crippen molar-refractivity contribution in [3.63, 3.8) is 0 Å². The number of nitrogens with one attached hydrogen (secondary N) is 3. The molecule has 0 saturated heterocycles. The third-order valence-corrected chi connectivity index (χ3v) is 12.6. The molecule has 10 nitrogen and oxygen atoms in total. The molecular formula is C53H68F4N6O4. The Morgan fingerprint density at radius 3 is 1.63 bits per heavy atom. The maximum absolute atomic E-state index is 13.7. The summed E-state index contributed by atoms with van der Waals surface area (Å²) in [6.45, 7) is 10.4. The van der Waals surface area contributed by atoms with Crippen molar-refractivity contribution in [3.05, 3.63) is 158 Å². The smallest absolute Gasteiger partial charge is 0.311 e. The van der Waals surface area contributed by atoms with E-state index in [1.807, 2.05) is 26.8 Å². The van der Waals surface area contributed by atoms with Gasteiger partial charge in [-0.25, -0.2) is 17.6 Å². The number of aliphatic hydroxyl groups excluding tert-OH is 2. The van der Waals surface area contributed by atoms with Gasteiger partial charge in [-0.15, -0.1) is 0 Å². The van der Waals surface area contributed by atoms with Gasteiger partial charge in [0.2, 0.25) is 0 Å². The lowest BCUT2D eigenvalue weighted by Crippen LogP contribution is -2.40. The van der Waals surface area contributed by atoms with Gasteiger partial charge in [0.05, 0.1) is 30.9 Å². The minimum Gasteiger partial charge on any atom is -0.469 e. The molecule has 0 radical (unpaired) electrons. The lowest BCUT2D eigenvalue weighted by Gasteiger charge is -2.29. The lowest BCUT2D eigenvalue weighted by molar-refractivity contribution is -0.149. The number of aromatic amines is 1. The van der Waals surface area contributed by atoms with Gasteiger partial charge >= 0.3 is 5.97 Å². The fourth-order valence-electron chi connectivity index (χ4n) is 8.93. The molecule has 0 bridgehead atoms. The lowest BCUT2D eigenvalue weighted by atomic mass is 9.85. The Labute approximate surface area is 392 Å². The van der Waals surface area contributed by atoms with Gasteiger partial charge in [0, 0.05) is 54.6 Å². The summed E-state index contributed by atoms with van der Waals surface area (Å²) in [4.78, 5) is 12.3. The van der Waals surface area contributed by atoms with Crippen molar-refractivity contribution in [1.82, 2.24) is 20.8 Å². The van der Waals surface area contributed by atoms with Gasteiger partial charge in [0.15, 0.2) is 0 Å². The quantitative estimate of drug-likeness (QED) is 0.0188. The minimum atomic E-state index is -1.05. The van der Waals surface area contributed by atoms with E-state index in [1.54, 1.807) is 0 Å². The van der Waals surface area contributed by atoms with Crippen molar-refractivity contribution < 1.29 is 37.3 Å². The summed E-state index contributed by atoms with van der Waals surface area (Å²) in [6.07, 6.45) is 6.67. The normalized spacial score (nSPS) is 17.0. The Hall–Kier alpha value is -5.41. The molecule has 0 spiro atoms. The zero-order chi connectivity index (χ0) is 48.6. The number of carbonyl (C=O) groups is 1. The molecule has 6 atom stereocenters. The second-order valence-corrected chi connectivity index (χ2v) is 17.9. The van der Waals surface area contributed by atoms with E-state index in [4.69, 9.17) is 10.6 Å². The van der Waals surface area contributed by atoms with E-state index in [2.05, 4.69) is 76.2 Å². The molecule has 362 valence electrons. The molecular weight excluding hydrogens is 861 g/mol. The van der Waals surface area contributed by atoms with E-state index in [-0.39, 0.29) is 25.0 Å². The number of hydrazone groups is 1. The van der Waals surface area contributed by atoms with Crippen molar-refractivity contribution in [2.24, 2.45) is 16.9 Å². The van der Waals surface area contributed by atoms with Crippen LogP contribution in [0.3, 0.4) is 0 Å². The number of aromatic nitrogens is 2.